The molecule has 1 aromatic rings. The van der Waals surface area contributed by atoms with E-state index in [1.54, 1.807) is 0 Å². The normalized spacial score (nSPS) is 15.5. The Kier molecular flexibility index (Phi) is 7.24. The number of aryl methyl sites for hydroxylation is 2. The molecule has 0 atom stereocenters. The standard InChI is InChI=1S/C22H32O4/c1-21(2,26-17-23)12-5-3-8-18-10-7-11-19(16-18)9-4-6-13-22(14-15-22)20(24)25/h7,10-11,16-17H,3-6,8-9,12-15H2,1-2H3,(H,24,25). The fourth-order valence-electron chi connectivity index (χ4n) is 3.52. The fraction of sp³-hybridized carbons (Fsp3) is 0.636. The third-order valence-electron chi connectivity index (χ3n) is 5.53. The number of aliphatic carboxylic acids is 1. The van der Waals surface area contributed by atoms with Gasteiger partial charge in [-0.05, 0) is 82.8 Å². The van der Waals surface area contributed by atoms with Crippen molar-refractivity contribution in [3.05, 3.63) is 35.4 Å². The average molecular weight is 360 g/mol. The molecule has 0 saturated heterocycles. The number of carbonyl (C=O) groups excluding carboxylic acids is 1. The van der Waals surface area contributed by atoms with Crippen LogP contribution in [0.5, 0.6) is 0 Å². The van der Waals surface area contributed by atoms with Crippen LogP contribution >= 0.6 is 0 Å². The van der Waals surface area contributed by atoms with Crippen molar-refractivity contribution in [2.75, 3.05) is 0 Å². The largest absolute Gasteiger partial charge is 0.481 e. The number of carbonyl (C=O) groups is 2. The number of benzene rings is 1. The Morgan fingerprint density at radius 1 is 1.15 bits per heavy atom. The van der Waals surface area contributed by atoms with Gasteiger partial charge in [0.2, 0.25) is 0 Å². The molecule has 0 bridgehead atoms. The molecule has 1 N–H and O–H groups in total. The predicted molar refractivity (Wildman–Crippen MR) is 102 cm³/mol. The Labute approximate surface area is 156 Å². The van der Waals surface area contributed by atoms with Crippen molar-refractivity contribution in [1.82, 2.24) is 0 Å². The van der Waals surface area contributed by atoms with E-state index in [0.29, 0.717) is 6.47 Å². The molecule has 0 unspecified atom stereocenters. The van der Waals surface area contributed by atoms with Crippen LogP contribution in [0.3, 0.4) is 0 Å². The molecular formula is C22H32O4. The summed E-state index contributed by atoms with van der Waals surface area (Å²) in [4.78, 5) is 21.7. The fourth-order valence-corrected chi connectivity index (χ4v) is 3.52. The van der Waals surface area contributed by atoms with Crippen LogP contribution in [-0.2, 0) is 27.2 Å². The lowest BCUT2D eigenvalue weighted by molar-refractivity contribution is -0.144. The zero-order valence-electron chi connectivity index (χ0n) is 16.1. The Balaban J connectivity index is 1.67. The van der Waals surface area contributed by atoms with Crippen molar-refractivity contribution < 1.29 is 19.4 Å². The minimum Gasteiger partial charge on any atom is -0.481 e. The molecule has 1 fully saturated rings. The van der Waals surface area contributed by atoms with Gasteiger partial charge in [0, 0.05) is 0 Å². The van der Waals surface area contributed by atoms with Gasteiger partial charge in [0.25, 0.3) is 6.47 Å². The summed E-state index contributed by atoms with van der Waals surface area (Å²) < 4.78 is 5.08. The van der Waals surface area contributed by atoms with Crippen LogP contribution in [0.15, 0.2) is 24.3 Å². The number of ether oxygens (including phenoxy) is 1. The summed E-state index contributed by atoms with van der Waals surface area (Å²) in [5.41, 5.74) is 1.93. The summed E-state index contributed by atoms with van der Waals surface area (Å²) in [6.07, 6.45) is 9.60. The van der Waals surface area contributed by atoms with Crippen LogP contribution in [0, 0.1) is 5.41 Å². The minimum atomic E-state index is -0.610. The average Bonchev–Trinajstić information content (AvgIpc) is 3.37. The Hall–Kier alpha value is -1.84. The van der Waals surface area contributed by atoms with Crippen molar-refractivity contribution >= 4 is 12.4 Å². The summed E-state index contributed by atoms with van der Waals surface area (Å²) >= 11 is 0. The molecule has 1 saturated carbocycles. The van der Waals surface area contributed by atoms with Crippen molar-refractivity contribution in [1.29, 1.82) is 0 Å². The third-order valence-corrected chi connectivity index (χ3v) is 5.53. The smallest absolute Gasteiger partial charge is 0.309 e. The molecule has 0 heterocycles. The highest BCUT2D eigenvalue weighted by molar-refractivity contribution is 5.77. The highest BCUT2D eigenvalue weighted by Gasteiger charge is 2.49. The van der Waals surface area contributed by atoms with Crippen molar-refractivity contribution in [3.63, 3.8) is 0 Å². The van der Waals surface area contributed by atoms with Crippen LogP contribution in [0.25, 0.3) is 0 Å². The Morgan fingerprint density at radius 3 is 2.31 bits per heavy atom. The van der Waals surface area contributed by atoms with Gasteiger partial charge in [-0.3, -0.25) is 9.59 Å². The van der Waals surface area contributed by atoms with Crippen LogP contribution in [-0.4, -0.2) is 23.1 Å². The predicted octanol–water partition coefficient (Wildman–Crippen LogP) is 4.93. The quantitative estimate of drug-likeness (QED) is 0.400. The second kappa shape index (κ2) is 9.20. The molecule has 2 rings (SSSR count). The number of hydrogen-bond donors (Lipinski definition) is 1. The molecule has 0 amide bonds. The second-order valence-electron chi connectivity index (χ2n) is 8.29. The molecule has 1 aliphatic carbocycles. The lowest BCUT2D eigenvalue weighted by atomic mass is 9.96. The molecule has 4 nitrogen and oxygen atoms in total. The number of carboxylic acid groups (broad SMARTS) is 1. The molecule has 0 spiro atoms. The van der Waals surface area contributed by atoms with E-state index in [0.717, 1.165) is 64.2 Å². The number of rotatable bonds is 13. The topological polar surface area (TPSA) is 63.6 Å². The number of carboxylic acids is 1. The van der Waals surface area contributed by atoms with E-state index < -0.39 is 5.97 Å². The zero-order chi connectivity index (χ0) is 19.0. The van der Waals surface area contributed by atoms with Crippen molar-refractivity contribution in [3.8, 4) is 0 Å². The van der Waals surface area contributed by atoms with Crippen LogP contribution in [0.2, 0.25) is 0 Å². The molecule has 4 heteroatoms. The van der Waals surface area contributed by atoms with Gasteiger partial charge in [-0.15, -0.1) is 0 Å². The van der Waals surface area contributed by atoms with Crippen molar-refractivity contribution in [2.45, 2.75) is 83.7 Å². The molecule has 1 aromatic carbocycles. The molecule has 1 aliphatic rings. The summed E-state index contributed by atoms with van der Waals surface area (Å²) in [6.45, 7) is 4.42. The van der Waals surface area contributed by atoms with Crippen LogP contribution < -0.4 is 0 Å². The summed E-state index contributed by atoms with van der Waals surface area (Å²) in [7, 11) is 0. The van der Waals surface area contributed by atoms with E-state index in [1.165, 1.54) is 11.1 Å². The molecule has 26 heavy (non-hydrogen) atoms. The van der Waals surface area contributed by atoms with E-state index in [-0.39, 0.29) is 11.0 Å². The Bertz CT molecular complexity index is 602. The van der Waals surface area contributed by atoms with Crippen molar-refractivity contribution in [2.24, 2.45) is 5.41 Å². The third kappa shape index (κ3) is 6.47. The van der Waals surface area contributed by atoms with E-state index in [2.05, 4.69) is 24.3 Å². The number of hydrogen-bond acceptors (Lipinski definition) is 3. The van der Waals surface area contributed by atoms with Gasteiger partial charge in [-0.25, -0.2) is 0 Å². The maximum Gasteiger partial charge on any atom is 0.309 e. The highest BCUT2D eigenvalue weighted by Crippen LogP contribution is 2.50. The maximum atomic E-state index is 11.2. The molecule has 144 valence electrons. The van der Waals surface area contributed by atoms with E-state index in [4.69, 9.17) is 4.74 Å². The van der Waals surface area contributed by atoms with Crippen LogP contribution in [0.1, 0.15) is 76.3 Å². The SMILES string of the molecule is CC(C)(CCCCc1cccc(CCCCC2(C(=O)O)CC2)c1)OC=O. The van der Waals surface area contributed by atoms with Gasteiger partial charge in [-0.1, -0.05) is 30.7 Å². The monoisotopic (exact) mass is 360 g/mol. The summed E-state index contributed by atoms with van der Waals surface area (Å²) in [5, 5.41) is 9.21. The van der Waals surface area contributed by atoms with Gasteiger partial charge in [-0.2, -0.15) is 0 Å². The zero-order valence-corrected chi connectivity index (χ0v) is 16.1. The highest BCUT2D eigenvalue weighted by atomic mass is 16.5. The van der Waals surface area contributed by atoms with Gasteiger partial charge in [0.1, 0.15) is 5.60 Å². The second-order valence-corrected chi connectivity index (χ2v) is 8.29. The molecular weight excluding hydrogens is 328 g/mol. The van der Waals surface area contributed by atoms with Gasteiger partial charge in [0.05, 0.1) is 5.41 Å². The summed E-state index contributed by atoms with van der Waals surface area (Å²) in [6, 6.07) is 8.72. The number of unbranched alkanes of at least 4 members (excludes halogenated alkanes) is 2. The molecule has 0 aliphatic heterocycles. The maximum absolute atomic E-state index is 11.2. The lowest BCUT2D eigenvalue weighted by Gasteiger charge is -2.22. The minimum absolute atomic E-state index is 0.377. The first-order valence-electron chi connectivity index (χ1n) is 9.80. The molecule has 0 radical (unpaired) electrons. The van der Waals surface area contributed by atoms with Gasteiger partial charge in [0.15, 0.2) is 0 Å². The first-order valence-corrected chi connectivity index (χ1v) is 9.80. The summed E-state index contributed by atoms with van der Waals surface area (Å²) in [5.74, 6) is -0.610. The molecule has 0 aromatic heterocycles. The van der Waals surface area contributed by atoms with Gasteiger partial charge >= 0.3 is 5.97 Å². The first kappa shape index (κ1) is 20.5. The van der Waals surface area contributed by atoms with E-state index >= 15 is 0 Å². The van der Waals surface area contributed by atoms with Crippen LogP contribution in [0.4, 0.5) is 0 Å². The van der Waals surface area contributed by atoms with E-state index in [1.807, 2.05) is 13.8 Å². The van der Waals surface area contributed by atoms with E-state index in [9.17, 15) is 14.7 Å². The van der Waals surface area contributed by atoms with Gasteiger partial charge < -0.3 is 9.84 Å². The lowest BCUT2D eigenvalue weighted by Crippen LogP contribution is -2.23. The first-order chi connectivity index (χ1) is 12.4. The Morgan fingerprint density at radius 2 is 1.77 bits per heavy atom.